The molecule has 1 aromatic carbocycles. The summed E-state index contributed by atoms with van der Waals surface area (Å²) in [5.74, 6) is -0.267. The predicted molar refractivity (Wildman–Crippen MR) is 60.6 cm³/mol. The quantitative estimate of drug-likeness (QED) is 0.845. The normalized spacial score (nSPS) is 13.5. The van der Waals surface area contributed by atoms with Crippen LogP contribution in [0.3, 0.4) is 0 Å². The summed E-state index contributed by atoms with van der Waals surface area (Å²) in [5.41, 5.74) is 4.64. The van der Waals surface area contributed by atoms with Crippen molar-refractivity contribution in [1.29, 1.82) is 0 Å². The van der Waals surface area contributed by atoms with Gasteiger partial charge in [0, 0.05) is 30.4 Å². The van der Waals surface area contributed by atoms with Crippen molar-refractivity contribution >= 4 is 0 Å². The first-order valence-electron chi connectivity index (χ1n) is 5.48. The summed E-state index contributed by atoms with van der Waals surface area (Å²) in [6, 6.07) is 1.31. The summed E-state index contributed by atoms with van der Waals surface area (Å²) in [6.07, 6.45) is -1.34. The van der Waals surface area contributed by atoms with Crippen LogP contribution in [0, 0.1) is 5.82 Å². The Morgan fingerprint density at radius 1 is 1.32 bits per heavy atom. The number of nitrogens with two attached hydrogens (primary N) is 1. The van der Waals surface area contributed by atoms with Crippen LogP contribution in [0.15, 0.2) is 30.6 Å². The highest BCUT2D eigenvalue weighted by Crippen LogP contribution is 2.31. The molecule has 1 unspecified atom stereocenters. The maximum absolute atomic E-state index is 13.6. The molecule has 7 heteroatoms. The minimum Gasteiger partial charge on any atom is -0.349 e. The molecule has 0 spiro atoms. The molecule has 0 amide bonds. The van der Waals surface area contributed by atoms with Crippen LogP contribution in [-0.4, -0.2) is 9.97 Å². The lowest BCUT2D eigenvalue weighted by Crippen LogP contribution is -2.17. The smallest absolute Gasteiger partial charge is 0.349 e. The van der Waals surface area contributed by atoms with Gasteiger partial charge in [-0.05, 0) is 18.2 Å². The molecular formula is C12H11F4N3. The molecule has 3 nitrogen and oxygen atoms in total. The number of aromatic amines is 1. The summed E-state index contributed by atoms with van der Waals surface area (Å²) in [5, 5.41) is 0. The largest absolute Gasteiger partial charge is 0.416 e. The lowest BCUT2D eigenvalue weighted by atomic mass is 10.0. The van der Waals surface area contributed by atoms with E-state index in [-0.39, 0.29) is 12.0 Å². The van der Waals surface area contributed by atoms with Crippen LogP contribution in [0.1, 0.15) is 23.0 Å². The fourth-order valence-electron chi connectivity index (χ4n) is 1.73. The van der Waals surface area contributed by atoms with E-state index in [1.807, 2.05) is 0 Å². The molecule has 0 saturated heterocycles. The second-order valence-corrected chi connectivity index (χ2v) is 4.08. The third-order valence-corrected chi connectivity index (χ3v) is 2.69. The number of nitrogens with one attached hydrogen (secondary N) is 1. The van der Waals surface area contributed by atoms with Crippen molar-refractivity contribution in [3.63, 3.8) is 0 Å². The molecule has 0 fully saturated rings. The second kappa shape index (κ2) is 5.00. The maximum Gasteiger partial charge on any atom is 0.416 e. The summed E-state index contributed by atoms with van der Waals surface area (Å²) < 4.78 is 51.2. The summed E-state index contributed by atoms with van der Waals surface area (Å²) in [7, 11) is 0. The molecule has 3 N–H and O–H groups in total. The predicted octanol–water partition coefficient (Wildman–Crippen LogP) is 2.81. The van der Waals surface area contributed by atoms with Crippen LogP contribution in [0.5, 0.6) is 0 Å². The van der Waals surface area contributed by atoms with Gasteiger partial charge in [-0.1, -0.05) is 0 Å². The van der Waals surface area contributed by atoms with E-state index in [0.29, 0.717) is 11.9 Å². The number of alkyl halides is 3. The van der Waals surface area contributed by atoms with Crippen molar-refractivity contribution in [1.82, 2.24) is 9.97 Å². The van der Waals surface area contributed by atoms with Gasteiger partial charge in [0.15, 0.2) is 0 Å². The minimum absolute atomic E-state index is 0.130. The van der Waals surface area contributed by atoms with Crippen molar-refractivity contribution < 1.29 is 17.6 Å². The first kappa shape index (κ1) is 13.5. The molecule has 102 valence electrons. The minimum atomic E-state index is -4.52. The zero-order chi connectivity index (χ0) is 14.0. The zero-order valence-corrected chi connectivity index (χ0v) is 9.71. The van der Waals surface area contributed by atoms with Crippen molar-refractivity contribution in [3.05, 3.63) is 53.4 Å². The Labute approximate surface area is 106 Å². The molecule has 0 aliphatic carbocycles. The van der Waals surface area contributed by atoms with Crippen LogP contribution in [0.25, 0.3) is 0 Å². The van der Waals surface area contributed by atoms with E-state index in [4.69, 9.17) is 5.73 Å². The Morgan fingerprint density at radius 3 is 2.63 bits per heavy atom. The lowest BCUT2D eigenvalue weighted by Gasteiger charge is -2.14. The number of benzene rings is 1. The van der Waals surface area contributed by atoms with Crippen molar-refractivity contribution in [3.8, 4) is 0 Å². The monoisotopic (exact) mass is 273 g/mol. The number of imidazole rings is 1. The van der Waals surface area contributed by atoms with Crippen LogP contribution < -0.4 is 5.73 Å². The second-order valence-electron chi connectivity index (χ2n) is 4.08. The van der Waals surface area contributed by atoms with Crippen LogP contribution in [0.2, 0.25) is 0 Å². The standard InChI is InChI=1S/C12H11F4N3/c13-9-2-1-7(12(14,15)16)5-8(9)10(17)6-11-18-3-4-19-11/h1-5,10H,6,17H2,(H,18,19). The molecule has 2 rings (SSSR count). The van der Waals surface area contributed by atoms with Crippen molar-refractivity contribution in [2.45, 2.75) is 18.6 Å². The lowest BCUT2D eigenvalue weighted by molar-refractivity contribution is -0.137. The van der Waals surface area contributed by atoms with Gasteiger partial charge in [0.05, 0.1) is 5.56 Å². The Balaban J connectivity index is 2.28. The molecule has 0 aliphatic heterocycles. The fourth-order valence-corrected chi connectivity index (χ4v) is 1.73. The number of nitrogens with zero attached hydrogens (tertiary/aromatic N) is 1. The molecule has 0 aliphatic rings. The number of hydrogen-bond donors (Lipinski definition) is 2. The highest BCUT2D eigenvalue weighted by Gasteiger charge is 2.31. The van der Waals surface area contributed by atoms with Gasteiger partial charge in [-0.25, -0.2) is 9.37 Å². The first-order valence-corrected chi connectivity index (χ1v) is 5.48. The molecule has 0 radical (unpaired) electrons. The Bertz CT molecular complexity index is 549. The van der Waals surface area contributed by atoms with Gasteiger partial charge in [0.1, 0.15) is 11.6 Å². The zero-order valence-electron chi connectivity index (χ0n) is 9.71. The number of aromatic nitrogens is 2. The third kappa shape index (κ3) is 3.11. The molecule has 19 heavy (non-hydrogen) atoms. The molecule has 1 atom stereocenters. The molecular weight excluding hydrogens is 262 g/mol. The van der Waals surface area contributed by atoms with Crippen molar-refractivity contribution in [2.24, 2.45) is 5.73 Å². The van der Waals surface area contributed by atoms with E-state index in [0.717, 1.165) is 12.1 Å². The van der Waals surface area contributed by atoms with E-state index in [1.165, 1.54) is 6.20 Å². The van der Waals surface area contributed by atoms with Gasteiger partial charge < -0.3 is 10.7 Å². The summed E-state index contributed by atoms with van der Waals surface area (Å²) in [4.78, 5) is 6.67. The van der Waals surface area contributed by atoms with Crippen LogP contribution in [-0.2, 0) is 12.6 Å². The SMILES string of the molecule is NC(Cc1ncc[nH]1)c1cc(C(F)(F)F)ccc1F. The van der Waals surface area contributed by atoms with Gasteiger partial charge in [0.2, 0.25) is 0 Å². The third-order valence-electron chi connectivity index (χ3n) is 2.69. The Morgan fingerprint density at radius 2 is 2.05 bits per heavy atom. The topological polar surface area (TPSA) is 54.7 Å². The van der Waals surface area contributed by atoms with Gasteiger partial charge >= 0.3 is 6.18 Å². The Kier molecular flexibility index (Phi) is 3.57. The molecule has 0 bridgehead atoms. The highest BCUT2D eigenvalue weighted by molar-refractivity contribution is 5.29. The molecule has 1 aromatic heterocycles. The fraction of sp³-hybridized carbons (Fsp3) is 0.250. The van der Waals surface area contributed by atoms with Crippen LogP contribution >= 0.6 is 0 Å². The molecule has 0 saturated carbocycles. The van der Waals surface area contributed by atoms with Gasteiger partial charge in [-0.3, -0.25) is 0 Å². The number of hydrogen-bond acceptors (Lipinski definition) is 2. The van der Waals surface area contributed by atoms with E-state index in [9.17, 15) is 17.6 Å². The average Bonchev–Trinajstić information content (AvgIpc) is 2.80. The number of H-pyrrole nitrogens is 1. The average molecular weight is 273 g/mol. The summed E-state index contributed by atoms with van der Waals surface area (Å²) in [6.45, 7) is 0. The Hall–Kier alpha value is -1.89. The summed E-state index contributed by atoms with van der Waals surface area (Å²) >= 11 is 0. The number of rotatable bonds is 3. The maximum atomic E-state index is 13.6. The highest BCUT2D eigenvalue weighted by atomic mass is 19.4. The van der Waals surface area contributed by atoms with E-state index >= 15 is 0 Å². The van der Waals surface area contributed by atoms with Gasteiger partial charge in [-0.15, -0.1) is 0 Å². The molecule has 2 aromatic rings. The van der Waals surface area contributed by atoms with Crippen LogP contribution in [0.4, 0.5) is 17.6 Å². The number of halogens is 4. The first-order chi connectivity index (χ1) is 8.88. The van der Waals surface area contributed by atoms with E-state index < -0.39 is 23.6 Å². The van der Waals surface area contributed by atoms with Gasteiger partial charge in [-0.2, -0.15) is 13.2 Å². The van der Waals surface area contributed by atoms with E-state index in [2.05, 4.69) is 9.97 Å². The van der Waals surface area contributed by atoms with Gasteiger partial charge in [0.25, 0.3) is 0 Å². The molecule has 1 heterocycles. The van der Waals surface area contributed by atoms with Crippen molar-refractivity contribution in [2.75, 3.05) is 0 Å². The van der Waals surface area contributed by atoms with E-state index in [1.54, 1.807) is 6.20 Å².